The number of benzene rings is 1. The summed E-state index contributed by atoms with van der Waals surface area (Å²) in [5, 5.41) is 6.96. The molecule has 28 heavy (non-hydrogen) atoms. The highest BCUT2D eigenvalue weighted by molar-refractivity contribution is 14.0. The second kappa shape index (κ2) is 11.6. The summed E-state index contributed by atoms with van der Waals surface area (Å²) in [4.78, 5) is 12.4. The van der Waals surface area contributed by atoms with E-state index in [1.54, 1.807) is 0 Å². The van der Waals surface area contributed by atoms with E-state index in [0.29, 0.717) is 5.41 Å². The topological polar surface area (TPSA) is 74.3 Å². The molecule has 0 bridgehead atoms. The van der Waals surface area contributed by atoms with E-state index >= 15 is 0 Å². The third-order valence-electron chi connectivity index (χ3n) is 5.59. The Morgan fingerprint density at radius 3 is 2.75 bits per heavy atom. The molecule has 1 saturated carbocycles. The number of nitrogens with one attached hydrogen (secondary N) is 3. The average Bonchev–Trinajstić information content (AvgIpc) is 3.31. The molecule has 0 radical (unpaired) electrons. The SMILES string of the molecule is CCOCCC1(CNC(=NC)NCCc2nc3ccccc3[nH]2)CCCC1.I. The second-order valence-electron chi connectivity index (χ2n) is 7.46. The van der Waals surface area contributed by atoms with E-state index in [-0.39, 0.29) is 24.0 Å². The minimum atomic E-state index is 0. The zero-order valence-corrected chi connectivity index (χ0v) is 19.4. The van der Waals surface area contributed by atoms with Crippen LogP contribution in [0.3, 0.4) is 0 Å². The van der Waals surface area contributed by atoms with E-state index in [4.69, 9.17) is 4.74 Å². The van der Waals surface area contributed by atoms with Crippen molar-refractivity contribution in [1.29, 1.82) is 0 Å². The minimum absolute atomic E-state index is 0. The monoisotopic (exact) mass is 499 g/mol. The molecule has 0 spiro atoms. The number of H-pyrrole nitrogens is 1. The number of hydrogen-bond donors (Lipinski definition) is 3. The van der Waals surface area contributed by atoms with E-state index in [1.165, 1.54) is 25.7 Å². The Morgan fingerprint density at radius 2 is 2.04 bits per heavy atom. The van der Waals surface area contributed by atoms with Gasteiger partial charge in [0.1, 0.15) is 5.82 Å². The fourth-order valence-electron chi connectivity index (χ4n) is 3.99. The van der Waals surface area contributed by atoms with E-state index in [2.05, 4.69) is 38.6 Å². The Labute approximate surface area is 185 Å². The molecule has 3 rings (SSSR count). The van der Waals surface area contributed by atoms with Gasteiger partial charge in [-0.3, -0.25) is 4.99 Å². The van der Waals surface area contributed by atoms with Crippen LogP contribution in [0.4, 0.5) is 0 Å². The fraction of sp³-hybridized carbons (Fsp3) is 0.619. The van der Waals surface area contributed by atoms with Gasteiger partial charge in [0.2, 0.25) is 0 Å². The third kappa shape index (κ3) is 6.34. The van der Waals surface area contributed by atoms with Crippen molar-refractivity contribution in [2.24, 2.45) is 10.4 Å². The summed E-state index contributed by atoms with van der Waals surface area (Å²) in [7, 11) is 1.83. The quantitative estimate of drug-likeness (QED) is 0.212. The highest BCUT2D eigenvalue weighted by atomic mass is 127. The number of aromatic nitrogens is 2. The summed E-state index contributed by atoms with van der Waals surface area (Å²) < 4.78 is 5.61. The normalized spacial score (nSPS) is 16.1. The summed E-state index contributed by atoms with van der Waals surface area (Å²) in [6, 6.07) is 8.13. The number of imidazole rings is 1. The van der Waals surface area contributed by atoms with Crippen LogP contribution in [0.15, 0.2) is 29.3 Å². The number of aromatic amines is 1. The van der Waals surface area contributed by atoms with Crippen LogP contribution in [0.25, 0.3) is 11.0 Å². The lowest BCUT2D eigenvalue weighted by molar-refractivity contribution is 0.105. The van der Waals surface area contributed by atoms with Gasteiger partial charge in [0, 0.05) is 39.8 Å². The predicted molar refractivity (Wildman–Crippen MR) is 127 cm³/mol. The van der Waals surface area contributed by atoms with Gasteiger partial charge in [-0.15, -0.1) is 24.0 Å². The highest BCUT2D eigenvalue weighted by Gasteiger charge is 2.33. The summed E-state index contributed by atoms with van der Waals surface area (Å²) in [5.41, 5.74) is 2.46. The Balaban J connectivity index is 0.00000280. The number of para-hydroxylation sites is 2. The van der Waals surface area contributed by atoms with Crippen LogP contribution in [0, 0.1) is 5.41 Å². The number of fused-ring (bicyclic) bond motifs is 1. The first-order valence-electron chi connectivity index (χ1n) is 10.2. The van der Waals surface area contributed by atoms with Crippen LogP contribution in [0.1, 0.15) is 44.9 Å². The van der Waals surface area contributed by atoms with Crippen molar-refractivity contribution < 1.29 is 4.74 Å². The van der Waals surface area contributed by atoms with Crippen LogP contribution >= 0.6 is 24.0 Å². The van der Waals surface area contributed by atoms with Crippen LogP contribution in [-0.4, -0.2) is 49.3 Å². The third-order valence-corrected chi connectivity index (χ3v) is 5.59. The number of guanidine groups is 1. The van der Waals surface area contributed by atoms with Gasteiger partial charge in [-0.05, 0) is 43.7 Å². The minimum Gasteiger partial charge on any atom is -0.382 e. The molecule has 1 heterocycles. The number of ether oxygens (including phenoxy) is 1. The summed E-state index contributed by atoms with van der Waals surface area (Å²) in [6.07, 6.45) is 7.18. The zero-order valence-electron chi connectivity index (χ0n) is 17.1. The van der Waals surface area contributed by atoms with Crippen molar-refractivity contribution in [1.82, 2.24) is 20.6 Å². The number of halogens is 1. The molecule has 2 aromatic rings. The molecule has 0 unspecified atom stereocenters. The molecule has 0 saturated heterocycles. The van der Waals surface area contributed by atoms with Gasteiger partial charge in [0.15, 0.2) is 5.96 Å². The zero-order chi connectivity index (χ0) is 19.0. The number of rotatable bonds is 9. The lowest BCUT2D eigenvalue weighted by Crippen LogP contribution is -2.44. The van der Waals surface area contributed by atoms with Crippen molar-refractivity contribution >= 4 is 41.0 Å². The van der Waals surface area contributed by atoms with E-state index < -0.39 is 0 Å². The summed E-state index contributed by atoms with van der Waals surface area (Å²) in [6.45, 7) is 5.48. The van der Waals surface area contributed by atoms with Crippen molar-refractivity contribution in [3.05, 3.63) is 30.1 Å². The molecule has 0 amide bonds. The van der Waals surface area contributed by atoms with Gasteiger partial charge < -0.3 is 20.4 Å². The molecule has 1 fully saturated rings. The first-order chi connectivity index (χ1) is 13.2. The standard InChI is InChI=1S/C21H33N5O.HI/c1-3-27-15-13-21(11-6-7-12-21)16-24-20(22-2)23-14-10-19-25-17-8-4-5-9-18(17)26-19;/h4-5,8-9H,3,6-7,10-16H2,1-2H3,(H,25,26)(H2,22,23,24);1H. The Kier molecular flexibility index (Phi) is 9.50. The predicted octanol–water partition coefficient (Wildman–Crippen LogP) is 3.88. The molecular formula is C21H34IN5O. The Bertz CT molecular complexity index is 706. The lowest BCUT2D eigenvalue weighted by Gasteiger charge is -2.30. The smallest absolute Gasteiger partial charge is 0.191 e. The maximum Gasteiger partial charge on any atom is 0.191 e. The van der Waals surface area contributed by atoms with Crippen LogP contribution < -0.4 is 10.6 Å². The Morgan fingerprint density at radius 1 is 1.25 bits per heavy atom. The number of aliphatic imine (C=N–C) groups is 1. The molecular weight excluding hydrogens is 465 g/mol. The van der Waals surface area contributed by atoms with Crippen molar-refractivity contribution in [2.75, 3.05) is 33.4 Å². The molecule has 1 aromatic heterocycles. The molecule has 1 aromatic carbocycles. The van der Waals surface area contributed by atoms with E-state index in [9.17, 15) is 0 Å². The molecule has 7 heteroatoms. The fourth-order valence-corrected chi connectivity index (χ4v) is 3.99. The summed E-state index contributed by atoms with van der Waals surface area (Å²) >= 11 is 0. The van der Waals surface area contributed by atoms with Crippen LogP contribution in [0.2, 0.25) is 0 Å². The lowest BCUT2D eigenvalue weighted by atomic mass is 9.83. The van der Waals surface area contributed by atoms with Gasteiger partial charge in [-0.2, -0.15) is 0 Å². The maximum absolute atomic E-state index is 5.61. The first kappa shape index (κ1) is 22.9. The average molecular weight is 499 g/mol. The highest BCUT2D eigenvalue weighted by Crippen LogP contribution is 2.40. The molecule has 3 N–H and O–H groups in total. The number of hydrogen-bond acceptors (Lipinski definition) is 3. The molecule has 156 valence electrons. The Hall–Kier alpha value is -1.35. The van der Waals surface area contributed by atoms with Gasteiger partial charge in [0.25, 0.3) is 0 Å². The molecule has 1 aliphatic rings. The van der Waals surface area contributed by atoms with Gasteiger partial charge in [0.05, 0.1) is 11.0 Å². The number of nitrogens with zero attached hydrogens (tertiary/aromatic N) is 2. The van der Waals surface area contributed by atoms with Gasteiger partial charge in [-0.1, -0.05) is 25.0 Å². The van der Waals surface area contributed by atoms with Gasteiger partial charge in [-0.25, -0.2) is 4.98 Å². The van der Waals surface area contributed by atoms with Crippen molar-refractivity contribution in [2.45, 2.75) is 45.4 Å². The summed E-state index contributed by atoms with van der Waals surface area (Å²) in [5.74, 6) is 1.87. The van der Waals surface area contributed by atoms with Crippen LogP contribution in [-0.2, 0) is 11.2 Å². The molecule has 6 nitrogen and oxygen atoms in total. The molecule has 0 aliphatic heterocycles. The maximum atomic E-state index is 5.61. The second-order valence-corrected chi connectivity index (χ2v) is 7.46. The van der Waals surface area contributed by atoms with E-state index in [1.807, 2.05) is 25.2 Å². The first-order valence-corrected chi connectivity index (χ1v) is 10.2. The molecule has 0 atom stereocenters. The van der Waals surface area contributed by atoms with Crippen molar-refractivity contribution in [3.63, 3.8) is 0 Å². The molecule has 1 aliphatic carbocycles. The van der Waals surface area contributed by atoms with E-state index in [0.717, 1.165) is 62.0 Å². The van der Waals surface area contributed by atoms with Crippen molar-refractivity contribution in [3.8, 4) is 0 Å². The largest absolute Gasteiger partial charge is 0.382 e. The van der Waals surface area contributed by atoms with Gasteiger partial charge >= 0.3 is 0 Å². The van der Waals surface area contributed by atoms with Crippen LogP contribution in [0.5, 0.6) is 0 Å².